The summed E-state index contributed by atoms with van der Waals surface area (Å²) in [7, 11) is 1.99. The van der Waals surface area contributed by atoms with Gasteiger partial charge in [0, 0.05) is 12.2 Å². The van der Waals surface area contributed by atoms with E-state index in [4.69, 9.17) is 9.99 Å². The minimum atomic E-state index is 0.00576. The van der Waals surface area contributed by atoms with Crippen LogP contribution < -0.4 is 36.6 Å². The normalized spacial score (nSPS) is 16.9. The molecule has 0 amide bonds. The Morgan fingerprint density at radius 1 is 0.667 bits per heavy atom. The molecule has 7 N–H and O–H groups in total. The number of ether oxygens (including phenoxy) is 1. The summed E-state index contributed by atoms with van der Waals surface area (Å²) in [5.74, 6) is 0.861. The van der Waals surface area contributed by atoms with Crippen molar-refractivity contribution in [2.75, 3.05) is 59.9 Å². The first-order valence-electron chi connectivity index (χ1n) is 14.0. The van der Waals surface area contributed by atoms with Crippen LogP contribution in [0.25, 0.3) is 0 Å². The maximum Gasteiger partial charge on any atom is 0.123 e. The average Bonchev–Trinajstić information content (AvgIpc) is 3.59. The van der Waals surface area contributed by atoms with Crippen LogP contribution in [0.15, 0.2) is 60.7 Å². The summed E-state index contributed by atoms with van der Waals surface area (Å²) < 4.78 is 5.84. The largest absolute Gasteiger partial charge is 0.494 e. The van der Waals surface area contributed by atoms with Crippen LogP contribution in [0.4, 0.5) is 28.4 Å². The lowest BCUT2D eigenvalue weighted by atomic mass is 10.1. The summed E-state index contributed by atoms with van der Waals surface area (Å²) in [4.78, 5) is 4.10. The SMILES string of the molecule is CNCCCCNc1ccc2c(c1)NC(c1ccc3c(c1)NC(c1ccc(OCCCCCOO)cc1)N3)N2. The smallest absolute Gasteiger partial charge is 0.123 e. The molecule has 0 aromatic heterocycles. The molecule has 3 aromatic carbocycles. The molecule has 2 unspecified atom stereocenters. The molecule has 3 aromatic rings. The number of hydrogen-bond acceptors (Lipinski definition) is 9. The van der Waals surface area contributed by atoms with Crippen molar-refractivity contribution < 1.29 is 14.9 Å². The molecule has 0 radical (unpaired) electrons. The second-order valence-electron chi connectivity index (χ2n) is 10.1. The van der Waals surface area contributed by atoms with E-state index in [9.17, 15) is 0 Å². The molecular weight excluding hydrogens is 492 g/mol. The lowest BCUT2D eigenvalue weighted by Gasteiger charge is -2.14. The lowest BCUT2D eigenvalue weighted by molar-refractivity contribution is -0.242. The minimum Gasteiger partial charge on any atom is -0.494 e. The molecule has 0 aliphatic carbocycles. The van der Waals surface area contributed by atoms with Gasteiger partial charge in [0.05, 0.1) is 36.0 Å². The zero-order valence-electron chi connectivity index (χ0n) is 22.6. The van der Waals surface area contributed by atoms with E-state index in [2.05, 4.69) is 85.3 Å². The van der Waals surface area contributed by atoms with E-state index in [0.717, 1.165) is 78.5 Å². The van der Waals surface area contributed by atoms with Crippen molar-refractivity contribution >= 4 is 28.4 Å². The quantitative estimate of drug-likeness (QED) is 0.0698. The van der Waals surface area contributed by atoms with Crippen molar-refractivity contribution in [3.8, 4) is 5.75 Å². The van der Waals surface area contributed by atoms with E-state index in [1.165, 1.54) is 12.0 Å². The van der Waals surface area contributed by atoms with Crippen LogP contribution in [0.3, 0.4) is 0 Å². The van der Waals surface area contributed by atoms with Crippen molar-refractivity contribution in [2.45, 2.75) is 44.4 Å². The number of rotatable bonds is 15. The third-order valence-corrected chi connectivity index (χ3v) is 7.14. The van der Waals surface area contributed by atoms with Crippen LogP contribution in [-0.2, 0) is 4.89 Å². The number of nitrogens with one attached hydrogen (secondary N) is 6. The highest BCUT2D eigenvalue weighted by Crippen LogP contribution is 2.41. The molecule has 0 saturated heterocycles. The zero-order valence-corrected chi connectivity index (χ0v) is 22.6. The fourth-order valence-electron chi connectivity index (χ4n) is 4.97. The maximum absolute atomic E-state index is 8.37. The van der Waals surface area contributed by atoms with Crippen LogP contribution in [0, 0.1) is 0 Å². The number of hydrogen-bond donors (Lipinski definition) is 7. The number of fused-ring (bicyclic) bond motifs is 2. The van der Waals surface area contributed by atoms with Gasteiger partial charge in [-0.2, -0.15) is 0 Å². The van der Waals surface area contributed by atoms with Crippen LogP contribution in [0.1, 0.15) is 55.6 Å². The minimum absolute atomic E-state index is 0.00576. The summed E-state index contributed by atoms with van der Waals surface area (Å²) in [6.07, 6.45) is 5.06. The molecule has 0 saturated carbocycles. The van der Waals surface area contributed by atoms with Crippen molar-refractivity contribution in [1.82, 2.24) is 5.32 Å². The lowest BCUT2D eigenvalue weighted by Crippen LogP contribution is -2.12. The predicted molar refractivity (Wildman–Crippen MR) is 159 cm³/mol. The van der Waals surface area contributed by atoms with Crippen LogP contribution in [-0.4, -0.2) is 38.6 Å². The van der Waals surface area contributed by atoms with Crippen molar-refractivity contribution in [3.63, 3.8) is 0 Å². The highest BCUT2D eigenvalue weighted by atomic mass is 17.1. The molecule has 2 aliphatic rings. The third kappa shape index (κ3) is 7.06. The van der Waals surface area contributed by atoms with Gasteiger partial charge < -0.3 is 36.6 Å². The van der Waals surface area contributed by atoms with Gasteiger partial charge in [-0.15, -0.1) is 0 Å². The Balaban J connectivity index is 1.12. The Labute approximate surface area is 230 Å². The van der Waals surface area contributed by atoms with E-state index < -0.39 is 0 Å². The monoisotopic (exact) mass is 532 g/mol. The molecule has 0 bridgehead atoms. The predicted octanol–water partition coefficient (Wildman–Crippen LogP) is 6.21. The summed E-state index contributed by atoms with van der Waals surface area (Å²) >= 11 is 0. The zero-order chi connectivity index (χ0) is 26.9. The van der Waals surface area contributed by atoms with Gasteiger partial charge >= 0.3 is 0 Å². The van der Waals surface area contributed by atoms with Crippen LogP contribution in [0.5, 0.6) is 5.75 Å². The summed E-state index contributed by atoms with van der Waals surface area (Å²) in [6, 6.07) is 21.2. The molecule has 39 heavy (non-hydrogen) atoms. The van der Waals surface area contributed by atoms with Gasteiger partial charge in [0.2, 0.25) is 0 Å². The standard InChI is InChI=1S/C30H40N6O3/c1-31-15-3-4-16-32-23-10-14-26-28(20-23)36-30(34-26)22-9-13-25-27(19-22)35-29(33-25)21-7-11-24(12-8-21)38-17-5-2-6-18-39-37/h7-14,19-20,29-37H,2-6,15-18H2,1H3. The molecule has 0 spiro atoms. The molecular formula is C30H40N6O3. The van der Waals surface area contributed by atoms with E-state index in [1.54, 1.807) is 0 Å². The van der Waals surface area contributed by atoms with Gasteiger partial charge in [0.1, 0.15) is 18.1 Å². The molecule has 0 fully saturated rings. The molecule has 9 nitrogen and oxygen atoms in total. The number of anilines is 5. The Morgan fingerprint density at radius 2 is 1.31 bits per heavy atom. The first-order valence-corrected chi connectivity index (χ1v) is 14.0. The summed E-state index contributed by atoms with van der Waals surface area (Å²) in [6.45, 7) is 3.05. The summed E-state index contributed by atoms with van der Waals surface area (Å²) in [5.41, 5.74) is 7.88. The second-order valence-corrected chi connectivity index (χ2v) is 10.1. The topological polar surface area (TPSA) is 111 Å². The second kappa shape index (κ2) is 13.4. The van der Waals surface area contributed by atoms with Gasteiger partial charge in [-0.05, 0) is 99.3 Å². The first kappa shape index (κ1) is 26.9. The molecule has 9 heteroatoms. The van der Waals surface area contributed by atoms with Gasteiger partial charge in [-0.1, -0.05) is 18.2 Å². The van der Waals surface area contributed by atoms with Crippen molar-refractivity contribution in [1.29, 1.82) is 0 Å². The first-order chi connectivity index (χ1) is 19.2. The highest BCUT2D eigenvalue weighted by molar-refractivity contribution is 5.80. The van der Waals surface area contributed by atoms with Gasteiger partial charge in [0.15, 0.2) is 0 Å². The Bertz CT molecular complexity index is 1210. The van der Waals surface area contributed by atoms with E-state index in [1.807, 2.05) is 19.2 Å². The summed E-state index contributed by atoms with van der Waals surface area (Å²) in [5, 5.41) is 29.5. The third-order valence-electron chi connectivity index (χ3n) is 7.14. The van der Waals surface area contributed by atoms with Gasteiger partial charge in [0.25, 0.3) is 0 Å². The molecule has 2 atom stereocenters. The molecule has 2 aliphatic heterocycles. The van der Waals surface area contributed by atoms with Gasteiger partial charge in [-0.3, -0.25) is 5.26 Å². The Hall–Kier alpha value is -3.66. The van der Waals surface area contributed by atoms with Crippen LogP contribution >= 0.6 is 0 Å². The highest BCUT2D eigenvalue weighted by Gasteiger charge is 2.25. The Kier molecular flexibility index (Phi) is 9.26. The van der Waals surface area contributed by atoms with Crippen molar-refractivity contribution in [3.05, 3.63) is 71.8 Å². The average molecular weight is 533 g/mol. The molecule has 208 valence electrons. The Morgan fingerprint density at radius 3 is 2.08 bits per heavy atom. The maximum atomic E-state index is 8.37. The van der Waals surface area contributed by atoms with E-state index in [-0.39, 0.29) is 12.3 Å². The van der Waals surface area contributed by atoms with Gasteiger partial charge in [-0.25, -0.2) is 4.89 Å². The molecule has 5 rings (SSSR count). The number of unbranched alkanes of at least 4 members (excludes halogenated alkanes) is 3. The fraction of sp³-hybridized carbons (Fsp3) is 0.400. The van der Waals surface area contributed by atoms with Crippen molar-refractivity contribution in [2.24, 2.45) is 0 Å². The molecule has 2 heterocycles. The van der Waals surface area contributed by atoms with E-state index >= 15 is 0 Å². The van der Waals surface area contributed by atoms with E-state index in [0.29, 0.717) is 13.2 Å². The number of benzene rings is 3. The fourth-order valence-corrected chi connectivity index (χ4v) is 4.97. The van der Waals surface area contributed by atoms with Crippen LogP contribution in [0.2, 0.25) is 0 Å².